The van der Waals surface area contributed by atoms with E-state index >= 15 is 0 Å². The summed E-state index contributed by atoms with van der Waals surface area (Å²) in [5.41, 5.74) is 2.16. The van der Waals surface area contributed by atoms with Crippen molar-refractivity contribution in [2.24, 2.45) is 0 Å². The first-order valence-corrected chi connectivity index (χ1v) is 8.76. The average Bonchev–Trinajstić information content (AvgIpc) is 3.15. The maximum absolute atomic E-state index is 12.1. The summed E-state index contributed by atoms with van der Waals surface area (Å²) >= 11 is 1.31. The lowest BCUT2D eigenvalue weighted by Gasteiger charge is -2.01. The van der Waals surface area contributed by atoms with E-state index in [1.807, 2.05) is 29.6 Å². The average molecular weight is 381 g/mol. The maximum Gasteiger partial charge on any atom is 0.270 e. The third kappa shape index (κ3) is 4.77. The number of anilines is 1. The van der Waals surface area contributed by atoms with E-state index in [2.05, 4.69) is 10.3 Å². The molecule has 8 heteroatoms. The Morgan fingerprint density at radius 1 is 1.26 bits per heavy atom. The number of carbonyl (C=O) groups excluding carboxylic acids is 1. The number of nitro groups is 1. The van der Waals surface area contributed by atoms with Gasteiger partial charge in [-0.05, 0) is 23.8 Å². The van der Waals surface area contributed by atoms with Crippen LogP contribution in [0.2, 0.25) is 0 Å². The molecule has 0 aliphatic heterocycles. The number of ether oxygens (including phenoxy) is 1. The van der Waals surface area contributed by atoms with Gasteiger partial charge in [-0.25, -0.2) is 4.98 Å². The topological polar surface area (TPSA) is 94.4 Å². The van der Waals surface area contributed by atoms with Gasteiger partial charge in [0.15, 0.2) is 5.13 Å². The van der Waals surface area contributed by atoms with Crippen LogP contribution in [0, 0.1) is 10.1 Å². The molecule has 2 aromatic carbocycles. The van der Waals surface area contributed by atoms with Gasteiger partial charge < -0.3 is 4.74 Å². The van der Waals surface area contributed by atoms with Crippen LogP contribution < -0.4 is 10.1 Å². The number of rotatable bonds is 6. The van der Waals surface area contributed by atoms with Crippen LogP contribution in [0.4, 0.5) is 10.8 Å². The minimum atomic E-state index is -0.479. The van der Waals surface area contributed by atoms with Crippen molar-refractivity contribution in [2.75, 3.05) is 12.4 Å². The van der Waals surface area contributed by atoms with Gasteiger partial charge in [-0.2, -0.15) is 0 Å². The molecule has 0 saturated carbocycles. The lowest BCUT2D eigenvalue weighted by atomic mass is 10.2. The van der Waals surface area contributed by atoms with E-state index in [1.165, 1.54) is 35.6 Å². The molecule has 0 aliphatic rings. The molecule has 0 unspecified atom stereocenters. The molecule has 0 aliphatic carbocycles. The Morgan fingerprint density at radius 3 is 2.85 bits per heavy atom. The number of amides is 1. The van der Waals surface area contributed by atoms with E-state index in [0.29, 0.717) is 10.7 Å². The van der Waals surface area contributed by atoms with Crippen LogP contribution in [0.5, 0.6) is 5.75 Å². The maximum atomic E-state index is 12.1. The summed E-state index contributed by atoms with van der Waals surface area (Å²) in [5, 5.41) is 15.8. The highest BCUT2D eigenvalue weighted by atomic mass is 32.1. The molecule has 3 aromatic rings. The van der Waals surface area contributed by atoms with Crippen LogP contribution in [0.15, 0.2) is 60.0 Å². The van der Waals surface area contributed by atoms with E-state index in [4.69, 9.17) is 4.74 Å². The lowest BCUT2D eigenvalue weighted by molar-refractivity contribution is -0.384. The quantitative estimate of drug-likeness (QED) is 0.388. The lowest BCUT2D eigenvalue weighted by Crippen LogP contribution is -2.07. The van der Waals surface area contributed by atoms with E-state index < -0.39 is 4.92 Å². The molecule has 1 N–H and O–H groups in total. The zero-order valence-corrected chi connectivity index (χ0v) is 15.1. The number of nitrogens with one attached hydrogen (secondary N) is 1. The third-order valence-electron chi connectivity index (χ3n) is 3.61. The predicted molar refractivity (Wildman–Crippen MR) is 105 cm³/mol. The van der Waals surface area contributed by atoms with Gasteiger partial charge in [0.25, 0.3) is 5.69 Å². The molecule has 0 saturated heterocycles. The number of carbonyl (C=O) groups is 1. The summed E-state index contributed by atoms with van der Waals surface area (Å²) in [4.78, 5) is 26.8. The van der Waals surface area contributed by atoms with Gasteiger partial charge in [0, 0.05) is 29.2 Å². The second kappa shape index (κ2) is 8.24. The Kier molecular flexibility index (Phi) is 5.58. The molecule has 0 atom stereocenters. The zero-order valence-electron chi connectivity index (χ0n) is 14.3. The number of methoxy groups -OCH3 is 1. The first kappa shape index (κ1) is 18.3. The number of aromatic nitrogens is 1. The molecule has 7 nitrogen and oxygen atoms in total. The molecule has 1 heterocycles. The van der Waals surface area contributed by atoms with Crippen LogP contribution in [-0.2, 0) is 4.79 Å². The van der Waals surface area contributed by atoms with Crippen molar-refractivity contribution in [1.82, 2.24) is 4.98 Å². The van der Waals surface area contributed by atoms with Crippen molar-refractivity contribution in [3.8, 4) is 17.0 Å². The Hall–Kier alpha value is -3.52. The Labute approximate surface area is 159 Å². The molecule has 3 rings (SSSR count). The number of nitrogens with zero attached hydrogens (tertiary/aromatic N) is 2. The standard InChI is InChI=1S/C19H15N3O4S/c1-26-16-7-3-5-14(11-16)17-12-27-19(20-17)21-18(23)9-8-13-4-2-6-15(10-13)22(24)25/h2-12H,1H3,(H,20,21,23). The summed E-state index contributed by atoms with van der Waals surface area (Å²) in [6.07, 6.45) is 2.82. The highest BCUT2D eigenvalue weighted by Gasteiger charge is 2.08. The SMILES string of the molecule is COc1cccc(-c2csc(NC(=O)C=Cc3cccc([N+](=O)[O-])c3)n2)c1. The van der Waals surface area contributed by atoms with Gasteiger partial charge in [-0.15, -0.1) is 11.3 Å². The Balaban J connectivity index is 1.67. The minimum absolute atomic E-state index is 0.0274. The van der Waals surface area contributed by atoms with Crippen LogP contribution in [0.25, 0.3) is 17.3 Å². The summed E-state index contributed by atoms with van der Waals surface area (Å²) in [6, 6.07) is 13.5. The molecule has 1 aromatic heterocycles. The highest BCUT2D eigenvalue weighted by Crippen LogP contribution is 2.27. The van der Waals surface area contributed by atoms with E-state index in [9.17, 15) is 14.9 Å². The van der Waals surface area contributed by atoms with E-state index in [1.54, 1.807) is 19.2 Å². The van der Waals surface area contributed by atoms with Gasteiger partial charge in [-0.1, -0.05) is 24.3 Å². The Bertz CT molecular complexity index is 1010. The van der Waals surface area contributed by atoms with Crippen molar-refractivity contribution in [3.05, 3.63) is 75.7 Å². The van der Waals surface area contributed by atoms with E-state index in [-0.39, 0.29) is 11.6 Å². The number of benzene rings is 2. The second-order valence-corrected chi connectivity index (χ2v) is 6.30. The van der Waals surface area contributed by atoms with Crippen LogP contribution >= 0.6 is 11.3 Å². The summed E-state index contributed by atoms with van der Waals surface area (Å²) in [5.74, 6) is 0.360. The molecular weight excluding hydrogens is 366 g/mol. The second-order valence-electron chi connectivity index (χ2n) is 5.44. The van der Waals surface area contributed by atoms with Crippen LogP contribution in [-0.4, -0.2) is 22.9 Å². The minimum Gasteiger partial charge on any atom is -0.497 e. The molecule has 0 radical (unpaired) electrons. The van der Waals surface area contributed by atoms with Crippen molar-refractivity contribution in [2.45, 2.75) is 0 Å². The van der Waals surface area contributed by atoms with Crippen molar-refractivity contribution in [3.63, 3.8) is 0 Å². The summed E-state index contributed by atoms with van der Waals surface area (Å²) < 4.78 is 5.20. The van der Waals surface area contributed by atoms with Gasteiger partial charge in [0.2, 0.25) is 5.91 Å². The van der Waals surface area contributed by atoms with Crippen molar-refractivity contribution < 1.29 is 14.5 Å². The first-order chi connectivity index (χ1) is 13.0. The fourth-order valence-electron chi connectivity index (χ4n) is 2.31. The first-order valence-electron chi connectivity index (χ1n) is 7.88. The number of hydrogen-bond acceptors (Lipinski definition) is 6. The monoisotopic (exact) mass is 381 g/mol. The van der Waals surface area contributed by atoms with E-state index in [0.717, 1.165) is 17.0 Å². The summed E-state index contributed by atoms with van der Waals surface area (Å²) in [6.45, 7) is 0. The molecule has 0 bridgehead atoms. The van der Waals surface area contributed by atoms with Gasteiger partial charge >= 0.3 is 0 Å². The molecule has 1 amide bonds. The number of thiazole rings is 1. The number of non-ortho nitro benzene ring substituents is 1. The fraction of sp³-hybridized carbons (Fsp3) is 0.0526. The number of nitro benzene ring substituents is 1. The van der Waals surface area contributed by atoms with Gasteiger partial charge in [0.05, 0.1) is 17.7 Å². The molecule has 0 spiro atoms. The fourth-order valence-corrected chi connectivity index (χ4v) is 3.03. The normalized spacial score (nSPS) is 10.7. The molecule has 27 heavy (non-hydrogen) atoms. The van der Waals surface area contributed by atoms with Crippen LogP contribution in [0.3, 0.4) is 0 Å². The smallest absolute Gasteiger partial charge is 0.270 e. The largest absolute Gasteiger partial charge is 0.497 e. The van der Waals surface area contributed by atoms with Crippen molar-refractivity contribution >= 4 is 34.1 Å². The predicted octanol–water partition coefficient (Wildman–Crippen LogP) is 4.38. The molecule has 0 fully saturated rings. The third-order valence-corrected chi connectivity index (χ3v) is 4.37. The summed E-state index contributed by atoms with van der Waals surface area (Å²) in [7, 11) is 1.60. The zero-order chi connectivity index (χ0) is 19.2. The number of hydrogen-bond donors (Lipinski definition) is 1. The molecule has 136 valence electrons. The Morgan fingerprint density at radius 2 is 2.07 bits per heavy atom. The van der Waals surface area contributed by atoms with Crippen molar-refractivity contribution in [1.29, 1.82) is 0 Å². The highest BCUT2D eigenvalue weighted by molar-refractivity contribution is 7.14. The van der Waals surface area contributed by atoms with Crippen LogP contribution in [0.1, 0.15) is 5.56 Å². The van der Waals surface area contributed by atoms with Gasteiger partial charge in [0.1, 0.15) is 5.75 Å². The molecular formula is C19H15N3O4S. The van der Waals surface area contributed by atoms with Gasteiger partial charge in [-0.3, -0.25) is 20.2 Å².